The number of methoxy groups -OCH3 is 1. The second-order valence-corrected chi connectivity index (χ2v) is 5.47. The Hall–Kier alpha value is -2.05. The van der Waals surface area contributed by atoms with Gasteiger partial charge in [-0.2, -0.15) is 13.2 Å². The molecule has 3 rings (SSSR count). The SMILES string of the molecule is COc1ccc(C2(c3ccc(C(F)(F)F)cc3)OCCCO2)cc1. The maximum Gasteiger partial charge on any atom is 0.416 e. The van der Waals surface area contributed by atoms with Crippen molar-refractivity contribution in [3.63, 3.8) is 0 Å². The van der Waals surface area contributed by atoms with E-state index < -0.39 is 17.5 Å². The van der Waals surface area contributed by atoms with Crippen LogP contribution in [0.1, 0.15) is 23.1 Å². The summed E-state index contributed by atoms with van der Waals surface area (Å²) in [5, 5.41) is 0. The van der Waals surface area contributed by atoms with Crippen molar-refractivity contribution < 1.29 is 27.4 Å². The van der Waals surface area contributed by atoms with E-state index in [-0.39, 0.29) is 0 Å². The summed E-state index contributed by atoms with van der Waals surface area (Å²) in [4.78, 5) is 0. The number of hydrogen-bond acceptors (Lipinski definition) is 3. The molecule has 0 bridgehead atoms. The molecule has 24 heavy (non-hydrogen) atoms. The fourth-order valence-corrected chi connectivity index (χ4v) is 2.72. The number of ether oxygens (including phenoxy) is 3. The van der Waals surface area contributed by atoms with E-state index in [0.717, 1.165) is 18.6 Å². The summed E-state index contributed by atoms with van der Waals surface area (Å²) in [6.45, 7) is 0.931. The molecule has 1 aliphatic heterocycles. The van der Waals surface area contributed by atoms with Crippen molar-refractivity contribution in [2.45, 2.75) is 18.4 Å². The van der Waals surface area contributed by atoms with Gasteiger partial charge in [0, 0.05) is 11.1 Å². The van der Waals surface area contributed by atoms with Gasteiger partial charge in [-0.25, -0.2) is 0 Å². The summed E-state index contributed by atoms with van der Waals surface area (Å²) in [6, 6.07) is 12.0. The van der Waals surface area contributed by atoms with Crippen molar-refractivity contribution in [3.8, 4) is 5.75 Å². The van der Waals surface area contributed by atoms with Gasteiger partial charge in [0.15, 0.2) is 0 Å². The van der Waals surface area contributed by atoms with Crippen LogP contribution in [0.15, 0.2) is 48.5 Å². The van der Waals surface area contributed by atoms with Crippen LogP contribution in [-0.2, 0) is 21.4 Å². The topological polar surface area (TPSA) is 27.7 Å². The molecule has 0 spiro atoms. The first-order valence-electron chi connectivity index (χ1n) is 7.56. The zero-order valence-corrected chi connectivity index (χ0v) is 13.1. The molecule has 6 heteroatoms. The average Bonchev–Trinajstić information content (AvgIpc) is 2.62. The summed E-state index contributed by atoms with van der Waals surface area (Å²) in [5.41, 5.74) is 0.537. The molecule has 0 radical (unpaired) electrons. The molecule has 1 fully saturated rings. The fraction of sp³-hybridized carbons (Fsp3) is 0.333. The highest BCUT2D eigenvalue weighted by atomic mass is 19.4. The predicted molar refractivity (Wildman–Crippen MR) is 81.7 cm³/mol. The average molecular weight is 338 g/mol. The zero-order chi connectivity index (χ0) is 17.2. The van der Waals surface area contributed by atoms with Crippen LogP contribution in [0.5, 0.6) is 5.75 Å². The first-order valence-corrected chi connectivity index (χ1v) is 7.56. The van der Waals surface area contributed by atoms with E-state index in [0.29, 0.717) is 30.1 Å². The van der Waals surface area contributed by atoms with Gasteiger partial charge in [0.1, 0.15) is 5.75 Å². The van der Waals surface area contributed by atoms with E-state index in [2.05, 4.69) is 0 Å². The zero-order valence-electron chi connectivity index (χ0n) is 13.1. The van der Waals surface area contributed by atoms with Crippen molar-refractivity contribution in [3.05, 3.63) is 65.2 Å². The van der Waals surface area contributed by atoms with Crippen LogP contribution in [0.25, 0.3) is 0 Å². The van der Waals surface area contributed by atoms with E-state index in [9.17, 15) is 13.2 Å². The van der Waals surface area contributed by atoms with Gasteiger partial charge in [-0.3, -0.25) is 0 Å². The van der Waals surface area contributed by atoms with Gasteiger partial charge < -0.3 is 14.2 Å². The molecule has 1 heterocycles. The monoisotopic (exact) mass is 338 g/mol. The number of hydrogen-bond donors (Lipinski definition) is 0. The van der Waals surface area contributed by atoms with Gasteiger partial charge in [0.25, 0.3) is 0 Å². The van der Waals surface area contributed by atoms with Crippen LogP contribution in [0, 0.1) is 0 Å². The Bertz CT molecular complexity index is 672. The Balaban J connectivity index is 2.02. The lowest BCUT2D eigenvalue weighted by atomic mass is 9.95. The molecule has 0 aliphatic carbocycles. The summed E-state index contributed by atoms with van der Waals surface area (Å²) < 4.78 is 55.3. The molecule has 128 valence electrons. The number of rotatable bonds is 3. The molecule has 0 aromatic heterocycles. The van der Waals surface area contributed by atoms with E-state index in [4.69, 9.17) is 14.2 Å². The highest BCUT2D eigenvalue weighted by Crippen LogP contribution is 2.39. The van der Waals surface area contributed by atoms with Crippen LogP contribution in [0.4, 0.5) is 13.2 Å². The van der Waals surface area contributed by atoms with Gasteiger partial charge in [0.2, 0.25) is 5.79 Å². The van der Waals surface area contributed by atoms with Crippen LogP contribution < -0.4 is 4.74 Å². The molecule has 0 N–H and O–H groups in total. The van der Waals surface area contributed by atoms with Crippen LogP contribution in [0.2, 0.25) is 0 Å². The van der Waals surface area contributed by atoms with Crippen LogP contribution in [-0.4, -0.2) is 20.3 Å². The molecular formula is C18H17F3O3. The minimum Gasteiger partial charge on any atom is -0.497 e. The molecule has 0 unspecified atom stereocenters. The van der Waals surface area contributed by atoms with Crippen molar-refractivity contribution in [2.24, 2.45) is 0 Å². The summed E-state index contributed by atoms with van der Waals surface area (Å²) >= 11 is 0. The van der Waals surface area contributed by atoms with Crippen LogP contribution >= 0.6 is 0 Å². The second-order valence-electron chi connectivity index (χ2n) is 5.47. The molecule has 3 nitrogen and oxygen atoms in total. The third-order valence-electron chi connectivity index (χ3n) is 3.96. The van der Waals surface area contributed by atoms with Crippen molar-refractivity contribution in [1.82, 2.24) is 0 Å². The third kappa shape index (κ3) is 3.12. The molecule has 2 aromatic carbocycles. The molecule has 1 saturated heterocycles. The summed E-state index contributed by atoms with van der Waals surface area (Å²) in [7, 11) is 1.56. The Morgan fingerprint density at radius 1 is 0.875 bits per heavy atom. The van der Waals surface area contributed by atoms with Crippen LogP contribution in [0.3, 0.4) is 0 Å². The Kier molecular flexibility index (Phi) is 4.51. The number of halogens is 3. The Morgan fingerprint density at radius 2 is 1.38 bits per heavy atom. The van der Waals surface area contributed by atoms with E-state index >= 15 is 0 Å². The molecule has 0 amide bonds. The Morgan fingerprint density at radius 3 is 1.83 bits per heavy atom. The molecule has 0 saturated carbocycles. The molecule has 1 aliphatic rings. The van der Waals surface area contributed by atoms with Gasteiger partial charge in [-0.15, -0.1) is 0 Å². The summed E-state index contributed by atoms with van der Waals surface area (Å²) in [6.07, 6.45) is -3.64. The standard InChI is InChI=1S/C18H17F3O3/c1-22-16-9-7-14(8-10-16)17(23-11-2-12-24-17)13-3-5-15(6-4-13)18(19,20)21/h3-10H,2,11-12H2,1H3. The largest absolute Gasteiger partial charge is 0.497 e. The minimum atomic E-state index is -4.37. The smallest absolute Gasteiger partial charge is 0.416 e. The molecule has 0 atom stereocenters. The third-order valence-corrected chi connectivity index (χ3v) is 3.96. The maximum atomic E-state index is 12.8. The van der Waals surface area contributed by atoms with E-state index in [1.165, 1.54) is 12.1 Å². The maximum absolute atomic E-state index is 12.8. The lowest BCUT2D eigenvalue weighted by Gasteiger charge is -2.38. The van der Waals surface area contributed by atoms with Crippen molar-refractivity contribution in [1.29, 1.82) is 0 Å². The van der Waals surface area contributed by atoms with Gasteiger partial charge in [-0.05, 0) is 42.8 Å². The van der Waals surface area contributed by atoms with Gasteiger partial charge in [-0.1, -0.05) is 12.1 Å². The second kappa shape index (κ2) is 6.45. The molecular weight excluding hydrogens is 321 g/mol. The highest BCUT2D eigenvalue weighted by molar-refractivity contribution is 5.39. The highest BCUT2D eigenvalue weighted by Gasteiger charge is 2.40. The van der Waals surface area contributed by atoms with Gasteiger partial charge >= 0.3 is 6.18 Å². The first kappa shape index (κ1) is 16.8. The lowest BCUT2D eigenvalue weighted by Crippen LogP contribution is -2.39. The normalized spacial score (nSPS) is 17.5. The Labute approximate surface area is 138 Å². The number of benzene rings is 2. The fourth-order valence-electron chi connectivity index (χ4n) is 2.72. The summed E-state index contributed by atoms with van der Waals surface area (Å²) in [5.74, 6) is -0.522. The van der Waals surface area contributed by atoms with E-state index in [1.807, 2.05) is 0 Å². The number of alkyl halides is 3. The minimum absolute atomic E-state index is 0.465. The predicted octanol–water partition coefficient (Wildman–Crippen LogP) is 4.35. The van der Waals surface area contributed by atoms with Crippen molar-refractivity contribution in [2.75, 3.05) is 20.3 Å². The van der Waals surface area contributed by atoms with Crippen molar-refractivity contribution >= 4 is 0 Å². The van der Waals surface area contributed by atoms with Gasteiger partial charge in [0.05, 0.1) is 25.9 Å². The van der Waals surface area contributed by atoms with E-state index in [1.54, 1.807) is 31.4 Å². The molecule has 2 aromatic rings. The quantitative estimate of drug-likeness (QED) is 0.833. The lowest BCUT2D eigenvalue weighted by molar-refractivity contribution is -0.249. The first-order chi connectivity index (χ1) is 11.5.